The van der Waals surface area contributed by atoms with Crippen LogP contribution in [0.5, 0.6) is 0 Å². The molecule has 0 spiro atoms. The molecule has 2 heterocycles. The van der Waals surface area contributed by atoms with Crippen molar-refractivity contribution in [2.75, 3.05) is 0 Å². The van der Waals surface area contributed by atoms with Crippen LogP contribution in [0, 0.1) is 0 Å². The fourth-order valence-corrected chi connectivity index (χ4v) is 1.80. The van der Waals surface area contributed by atoms with Gasteiger partial charge in [-0.15, -0.1) is 0 Å². The first-order valence-corrected chi connectivity index (χ1v) is 6.05. The number of aromatic nitrogens is 3. The number of aryl methyl sites for hydroxylation is 1. The quantitative estimate of drug-likeness (QED) is 0.877. The molecular weight excluding hydrogens is 246 g/mol. The van der Waals surface area contributed by atoms with Crippen LogP contribution in [0.15, 0.2) is 35.5 Å². The monoisotopic (exact) mass is 261 g/mol. The van der Waals surface area contributed by atoms with Crippen LogP contribution < -0.4 is 5.69 Å². The van der Waals surface area contributed by atoms with Crippen molar-refractivity contribution in [2.45, 2.75) is 26.4 Å². The van der Waals surface area contributed by atoms with E-state index in [4.69, 9.17) is 5.11 Å². The molecule has 0 radical (unpaired) electrons. The van der Waals surface area contributed by atoms with E-state index in [0.717, 1.165) is 6.42 Å². The van der Waals surface area contributed by atoms with Crippen LogP contribution in [0.4, 0.5) is 0 Å². The number of carbonyl (C=O) groups is 1. The van der Waals surface area contributed by atoms with Crippen LogP contribution in [0.25, 0.3) is 0 Å². The maximum Gasteiger partial charge on any atom is 0.337 e. The molecule has 2 aromatic rings. The average molecular weight is 261 g/mol. The maximum absolute atomic E-state index is 11.9. The molecule has 0 saturated carbocycles. The molecule has 0 saturated heterocycles. The Morgan fingerprint density at radius 3 is 2.63 bits per heavy atom. The molecule has 19 heavy (non-hydrogen) atoms. The van der Waals surface area contributed by atoms with Gasteiger partial charge in [0.05, 0.1) is 17.8 Å². The molecule has 0 amide bonds. The van der Waals surface area contributed by atoms with E-state index in [1.54, 1.807) is 27.6 Å². The highest BCUT2D eigenvalue weighted by Crippen LogP contribution is 2.02. The number of nitrogens with zero attached hydrogens (tertiary/aromatic N) is 3. The van der Waals surface area contributed by atoms with Crippen molar-refractivity contribution in [1.82, 2.24) is 14.1 Å². The van der Waals surface area contributed by atoms with E-state index in [0.29, 0.717) is 18.8 Å². The van der Waals surface area contributed by atoms with Crippen molar-refractivity contribution < 1.29 is 9.90 Å². The molecule has 0 atom stereocenters. The van der Waals surface area contributed by atoms with Gasteiger partial charge in [0.25, 0.3) is 0 Å². The standard InChI is InChI=1S/C13H15N3O3/c1-2-5-15-6-7-16(13(15)19)9-11-4-3-10(8-14-11)12(17)18/h3-4,6-8H,2,5,9H2,1H3,(H,17,18). The highest BCUT2D eigenvalue weighted by Gasteiger charge is 2.06. The summed E-state index contributed by atoms with van der Waals surface area (Å²) in [6.07, 6.45) is 5.66. The molecule has 0 aliphatic rings. The third-order valence-corrected chi connectivity index (χ3v) is 2.79. The third-order valence-electron chi connectivity index (χ3n) is 2.79. The van der Waals surface area contributed by atoms with E-state index in [2.05, 4.69) is 4.98 Å². The zero-order chi connectivity index (χ0) is 13.8. The third kappa shape index (κ3) is 2.90. The van der Waals surface area contributed by atoms with Gasteiger partial charge < -0.3 is 5.11 Å². The van der Waals surface area contributed by atoms with Crippen LogP contribution >= 0.6 is 0 Å². The maximum atomic E-state index is 11.9. The summed E-state index contributed by atoms with van der Waals surface area (Å²) in [7, 11) is 0. The van der Waals surface area contributed by atoms with Crippen LogP contribution in [-0.4, -0.2) is 25.2 Å². The van der Waals surface area contributed by atoms with Gasteiger partial charge in [-0.2, -0.15) is 0 Å². The number of hydrogen-bond donors (Lipinski definition) is 1. The summed E-state index contributed by atoms with van der Waals surface area (Å²) < 4.78 is 3.20. The van der Waals surface area contributed by atoms with Gasteiger partial charge in [-0.3, -0.25) is 14.1 Å². The topological polar surface area (TPSA) is 77.1 Å². The zero-order valence-electron chi connectivity index (χ0n) is 10.6. The highest BCUT2D eigenvalue weighted by molar-refractivity contribution is 5.87. The number of aromatic carboxylic acids is 1. The molecule has 0 aliphatic heterocycles. The number of imidazole rings is 1. The van der Waals surface area contributed by atoms with E-state index in [9.17, 15) is 9.59 Å². The second kappa shape index (κ2) is 5.51. The van der Waals surface area contributed by atoms with Crippen molar-refractivity contribution in [1.29, 1.82) is 0 Å². The predicted molar refractivity (Wildman–Crippen MR) is 69.3 cm³/mol. The lowest BCUT2D eigenvalue weighted by molar-refractivity contribution is 0.0696. The van der Waals surface area contributed by atoms with Gasteiger partial charge in [0.2, 0.25) is 0 Å². The van der Waals surface area contributed by atoms with Crippen molar-refractivity contribution >= 4 is 5.97 Å². The van der Waals surface area contributed by atoms with Crippen molar-refractivity contribution in [3.63, 3.8) is 0 Å². The molecule has 0 aliphatic carbocycles. The first-order chi connectivity index (χ1) is 9.11. The van der Waals surface area contributed by atoms with Crippen LogP contribution in [0.1, 0.15) is 29.4 Å². The predicted octanol–water partition coefficient (Wildman–Crippen LogP) is 1.20. The number of carboxylic acid groups (broad SMARTS) is 1. The molecule has 0 unspecified atom stereocenters. The number of hydrogen-bond acceptors (Lipinski definition) is 3. The van der Waals surface area contributed by atoms with Gasteiger partial charge in [-0.05, 0) is 18.6 Å². The molecule has 0 fully saturated rings. The molecule has 6 heteroatoms. The first kappa shape index (κ1) is 13.1. The molecular formula is C13H15N3O3. The van der Waals surface area contributed by atoms with Gasteiger partial charge in [0.1, 0.15) is 0 Å². The Labute approximate surface area is 109 Å². The normalized spacial score (nSPS) is 10.6. The van der Waals surface area contributed by atoms with Crippen LogP contribution in [-0.2, 0) is 13.1 Å². The second-order valence-electron chi connectivity index (χ2n) is 4.25. The summed E-state index contributed by atoms with van der Waals surface area (Å²) in [6, 6.07) is 3.10. The SMILES string of the molecule is CCCn1ccn(Cc2ccc(C(=O)O)cn2)c1=O. The highest BCUT2D eigenvalue weighted by atomic mass is 16.4. The van der Waals surface area contributed by atoms with Gasteiger partial charge >= 0.3 is 11.7 Å². The minimum Gasteiger partial charge on any atom is -0.478 e. The Bertz CT molecular complexity index is 625. The second-order valence-corrected chi connectivity index (χ2v) is 4.25. The summed E-state index contributed by atoms with van der Waals surface area (Å²) >= 11 is 0. The summed E-state index contributed by atoms with van der Waals surface area (Å²) in [6.45, 7) is 3.04. The van der Waals surface area contributed by atoms with Crippen molar-refractivity contribution in [3.05, 3.63) is 52.5 Å². The first-order valence-electron chi connectivity index (χ1n) is 6.05. The smallest absolute Gasteiger partial charge is 0.337 e. The summed E-state index contributed by atoms with van der Waals surface area (Å²) in [5, 5.41) is 8.77. The van der Waals surface area contributed by atoms with E-state index >= 15 is 0 Å². The van der Waals surface area contributed by atoms with Crippen LogP contribution in [0.3, 0.4) is 0 Å². The minimum atomic E-state index is -1.01. The zero-order valence-corrected chi connectivity index (χ0v) is 10.6. The van der Waals surface area contributed by atoms with Gasteiger partial charge in [-0.25, -0.2) is 9.59 Å². The number of rotatable bonds is 5. The summed E-state index contributed by atoms with van der Waals surface area (Å²) in [4.78, 5) is 26.7. The lowest BCUT2D eigenvalue weighted by Crippen LogP contribution is -2.24. The number of carboxylic acids is 1. The van der Waals surface area contributed by atoms with Gasteiger partial charge in [0, 0.05) is 25.1 Å². The molecule has 100 valence electrons. The largest absolute Gasteiger partial charge is 0.478 e. The summed E-state index contributed by atoms with van der Waals surface area (Å²) in [5.41, 5.74) is 0.715. The van der Waals surface area contributed by atoms with E-state index in [1.165, 1.54) is 12.3 Å². The van der Waals surface area contributed by atoms with E-state index < -0.39 is 5.97 Å². The molecule has 0 bridgehead atoms. The number of pyridine rings is 1. The molecule has 0 aromatic carbocycles. The Morgan fingerprint density at radius 1 is 1.32 bits per heavy atom. The van der Waals surface area contributed by atoms with Crippen LogP contribution in [0.2, 0.25) is 0 Å². The van der Waals surface area contributed by atoms with Crippen molar-refractivity contribution in [2.24, 2.45) is 0 Å². The molecule has 6 nitrogen and oxygen atoms in total. The van der Waals surface area contributed by atoms with Gasteiger partial charge in [-0.1, -0.05) is 6.92 Å². The van der Waals surface area contributed by atoms with E-state index in [-0.39, 0.29) is 11.3 Å². The lowest BCUT2D eigenvalue weighted by Gasteiger charge is -2.02. The lowest BCUT2D eigenvalue weighted by atomic mass is 10.2. The Kier molecular flexibility index (Phi) is 3.79. The fraction of sp³-hybridized carbons (Fsp3) is 0.308. The molecule has 2 rings (SSSR count). The fourth-order valence-electron chi connectivity index (χ4n) is 1.80. The summed E-state index contributed by atoms with van der Waals surface area (Å²) in [5.74, 6) is -1.01. The van der Waals surface area contributed by atoms with Crippen molar-refractivity contribution in [3.8, 4) is 0 Å². The van der Waals surface area contributed by atoms with E-state index in [1.807, 2.05) is 6.92 Å². The average Bonchev–Trinajstić information content (AvgIpc) is 2.73. The van der Waals surface area contributed by atoms with Gasteiger partial charge in [0.15, 0.2) is 0 Å². The minimum absolute atomic E-state index is 0.0778. The Hall–Kier alpha value is -2.37. The Morgan fingerprint density at radius 2 is 2.05 bits per heavy atom. The molecule has 1 N–H and O–H groups in total. The molecule has 2 aromatic heterocycles. The Balaban J connectivity index is 2.17.